The van der Waals surface area contributed by atoms with E-state index in [-0.39, 0.29) is 5.91 Å². The predicted molar refractivity (Wildman–Crippen MR) is 99.7 cm³/mol. The van der Waals surface area contributed by atoms with Crippen LogP contribution in [-0.4, -0.2) is 38.6 Å². The van der Waals surface area contributed by atoms with E-state index in [9.17, 15) is 4.79 Å². The van der Waals surface area contributed by atoms with Crippen molar-refractivity contribution in [2.24, 2.45) is 0 Å². The molecule has 3 aromatic rings. The van der Waals surface area contributed by atoms with Gasteiger partial charge in [0, 0.05) is 34.9 Å². The molecule has 0 aliphatic heterocycles. The van der Waals surface area contributed by atoms with E-state index in [1.165, 1.54) is 6.33 Å². The second-order valence-electron chi connectivity index (χ2n) is 5.50. The zero-order valence-corrected chi connectivity index (χ0v) is 15.5. The molecule has 2 heterocycles. The molecule has 2 N–H and O–H groups in total. The Morgan fingerprint density at radius 3 is 2.80 bits per heavy atom. The SMILES string of the molecule is CCc1cc(NCCCNC(=O)c2ccc(Br)cc2)n2ncnc2n1. The third-order valence-corrected chi connectivity index (χ3v) is 4.25. The number of amides is 1. The second-order valence-corrected chi connectivity index (χ2v) is 6.42. The van der Waals surface area contributed by atoms with Gasteiger partial charge < -0.3 is 10.6 Å². The van der Waals surface area contributed by atoms with Crippen molar-refractivity contribution in [2.45, 2.75) is 19.8 Å². The molecule has 0 aliphatic carbocycles. The summed E-state index contributed by atoms with van der Waals surface area (Å²) < 4.78 is 2.64. The van der Waals surface area contributed by atoms with Gasteiger partial charge in [0.25, 0.3) is 11.7 Å². The first-order valence-corrected chi connectivity index (χ1v) is 8.94. The Kier molecular flexibility index (Phi) is 5.60. The Morgan fingerprint density at radius 2 is 2.04 bits per heavy atom. The number of halogens is 1. The van der Waals surface area contributed by atoms with Crippen molar-refractivity contribution in [3.8, 4) is 0 Å². The quantitative estimate of drug-likeness (QED) is 0.593. The molecule has 2 aromatic heterocycles. The summed E-state index contributed by atoms with van der Waals surface area (Å²) >= 11 is 3.36. The molecule has 0 bridgehead atoms. The van der Waals surface area contributed by atoms with Gasteiger partial charge in [-0.15, -0.1) is 0 Å². The number of hydrogen-bond acceptors (Lipinski definition) is 5. The van der Waals surface area contributed by atoms with Crippen molar-refractivity contribution >= 4 is 33.4 Å². The van der Waals surface area contributed by atoms with Crippen molar-refractivity contribution < 1.29 is 4.79 Å². The van der Waals surface area contributed by atoms with Gasteiger partial charge in [0.2, 0.25) is 0 Å². The normalized spacial score (nSPS) is 10.8. The standard InChI is InChI=1S/C17H19BrN6O/c1-2-14-10-15(24-17(23-14)21-11-22-24)19-8-3-9-20-16(25)12-4-6-13(18)7-5-12/h4-7,10-11,19H,2-3,8-9H2,1H3,(H,20,25). The van der Waals surface area contributed by atoms with Gasteiger partial charge in [-0.2, -0.15) is 14.6 Å². The summed E-state index contributed by atoms with van der Waals surface area (Å²) in [6, 6.07) is 9.27. The van der Waals surface area contributed by atoms with Crippen LogP contribution in [0.2, 0.25) is 0 Å². The van der Waals surface area contributed by atoms with Gasteiger partial charge in [-0.25, -0.2) is 4.98 Å². The highest BCUT2D eigenvalue weighted by Crippen LogP contribution is 2.12. The number of nitrogens with zero attached hydrogens (tertiary/aromatic N) is 4. The predicted octanol–water partition coefficient (Wildman–Crippen LogP) is 2.68. The minimum absolute atomic E-state index is 0.0663. The van der Waals surface area contributed by atoms with Gasteiger partial charge in [0.15, 0.2) is 0 Å². The molecule has 0 fully saturated rings. The first kappa shape index (κ1) is 17.3. The first-order valence-electron chi connectivity index (χ1n) is 8.14. The highest BCUT2D eigenvalue weighted by atomic mass is 79.9. The summed E-state index contributed by atoms with van der Waals surface area (Å²) in [6.07, 6.45) is 3.12. The number of benzene rings is 1. The third-order valence-electron chi connectivity index (χ3n) is 3.72. The van der Waals surface area contributed by atoms with Crippen LogP contribution in [0.25, 0.3) is 5.78 Å². The van der Waals surface area contributed by atoms with Gasteiger partial charge in [-0.1, -0.05) is 22.9 Å². The molecule has 25 heavy (non-hydrogen) atoms. The number of aryl methyl sites for hydroxylation is 1. The third kappa shape index (κ3) is 4.33. The Labute approximate surface area is 154 Å². The number of nitrogens with one attached hydrogen (secondary N) is 2. The average molecular weight is 403 g/mol. The molecule has 3 rings (SSSR count). The van der Waals surface area contributed by atoms with Gasteiger partial charge in [-0.3, -0.25) is 4.79 Å². The monoisotopic (exact) mass is 402 g/mol. The van der Waals surface area contributed by atoms with Crippen LogP contribution in [-0.2, 0) is 6.42 Å². The van der Waals surface area contributed by atoms with Crippen molar-refractivity contribution in [3.63, 3.8) is 0 Å². The molecule has 1 amide bonds. The smallest absolute Gasteiger partial charge is 0.254 e. The minimum atomic E-state index is -0.0663. The molecular weight excluding hydrogens is 384 g/mol. The van der Waals surface area contributed by atoms with Crippen LogP contribution in [0.15, 0.2) is 41.1 Å². The molecule has 130 valence electrons. The number of aromatic nitrogens is 4. The van der Waals surface area contributed by atoms with Crippen molar-refractivity contribution in [1.82, 2.24) is 24.9 Å². The fourth-order valence-corrected chi connectivity index (χ4v) is 2.64. The van der Waals surface area contributed by atoms with Crippen molar-refractivity contribution in [1.29, 1.82) is 0 Å². The van der Waals surface area contributed by atoms with E-state index in [2.05, 4.69) is 48.6 Å². The molecule has 0 spiro atoms. The summed E-state index contributed by atoms with van der Waals surface area (Å²) in [4.78, 5) is 20.6. The van der Waals surface area contributed by atoms with Crippen molar-refractivity contribution in [3.05, 3.63) is 52.4 Å². The largest absolute Gasteiger partial charge is 0.370 e. The number of anilines is 1. The lowest BCUT2D eigenvalue weighted by molar-refractivity contribution is 0.0953. The zero-order valence-electron chi connectivity index (χ0n) is 13.9. The number of rotatable bonds is 7. The maximum absolute atomic E-state index is 12.0. The Bertz CT molecular complexity index is 861. The second kappa shape index (κ2) is 8.06. The molecule has 0 aliphatic rings. The molecule has 8 heteroatoms. The van der Waals surface area contributed by atoms with E-state index < -0.39 is 0 Å². The summed E-state index contributed by atoms with van der Waals surface area (Å²) in [7, 11) is 0. The summed E-state index contributed by atoms with van der Waals surface area (Å²) in [5, 5.41) is 10.4. The van der Waals surface area contributed by atoms with Gasteiger partial charge >= 0.3 is 0 Å². The first-order chi connectivity index (χ1) is 12.2. The van der Waals surface area contributed by atoms with Crippen LogP contribution in [0, 0.1) is 0 Å². The zero-order chi connectivity index (χ0) is 17.6. The fraction of sp³-hybridized carbons (Fsp3) is 0.294. The lowest BCUT2D eigenvalue weighted by atomic mass is 10.2. The molecule has 0 saturated carbocycles. The van der Waals surface area contributed by atoms with E-state index in [0.29, 0.717) is 24.4 Å². The number of carbonyl (C=O) groups is 1. The number of hydrogen-bond donors (Lipinski definition) is 2. The molecular formula is C17H19BrN6O. The summed E-state index contributed by atoms with van der Waals surface area (Å²) in [5.41, 5.74) is 1.62. The number of carbonyl (C=O) groups excluding carboxylic acids is 1. The minimum Gasteiger partial charge on any atom is -0.370 e. The Morgan fingerprint density at radius 1 is 1.24 bits per heavy atom. The van der Waals surface area contributed by atoms with E-state index in [0.717, 1.165) is 28.8 Å². The Balaban J connectivity index is 1.49. The maximum Gasteiger partial charge on any atom is 0.254 e. The van der Waals surface area contributed by atoms with Crippen LogP contribution in [0.4, 0.5) is 5.82 Å². The van der Waals surface area contributed by atoms with E-state index in [1.54, 1.807) is 16.6 Å². The lowest BCUT2D eigenvalue weighted by Gasteiger charge is -2.10. The lowest BCUT2D eigenvalue weighted by Crippen LogP contribution is -2.26. The van der Waals surface area contributed by atoms with Gasteiger partial charge in [0.1, 0.15) is 12.1 Å². The molecule has 7 nitrogen and oxygen atoms in total. The van der Waals surface area contributed by atoms with E-state index >= 15 is 0 Å². The highest BCUT2D eigenvalue weighted by molar-refractivity contribution is 9.10. The Hall–Kier alpha value is -2.48. The van der Waals surface area contributed by atoms with E-state index in [4.69, 9.17) is 0 Å². The molecule has 0 radical (unpaired) electrons. The van der Waals surface area contributed by atoms with Crippen LogP contribution in [0.1, 0.15) is 29.4 Å². The van der Waals surface area contributed by atoms with Crippen molar-refractivity contribution in [2.75, 3.05) is 18.4 Å². The van der Waals surface area contributed by atoms with Crippen LogP contribution in [0.5, 0.6) is 0 Å². The maximum atomic E-state index is 12.0. The summed E-state index contributed by atoms with van der Waals surface area (Å²) in [5.74, 6) is 1.38. The van der Waals surface area contributed by atoms with Crippen LogP contribution < -0.4 is 10.6 Å². The topological polar surface area (TPSA) is 84.2 Å². The molecule has 1 aromatic carbocycles. The molecule has 0 unspecified atom stereocenters. The fourth-order valence-electron chi connectivity index (χ4n) is 2.38. The van der Waals surface area contributed by atoms with Gasteiger partial charge in [-0.05, 0) is 37.1 Å². The van der Waals surface area contributed by atoms with E-state index in [1.807, 2.05) is 18.2 Å². The van der Waals surface area contributed by atoms with Crippen LogP contribution >= 0.6 is 15.9 Å². The van der Waals surface area contributed by atoms with Gasteiger partial charge in [0.05, 0.1) is 0 Å². The number of fused-ring (bicyclic) bond motifs is 1. The molecule has 0 atom stereocenters. The molecule has 0 saturated heterocycles. The average Bonchev–Trinajstić information content (AvgIpc) is 3.10. The summed E-state index contributed by atoms with van der Waals surface area (Å²) in [6.45, 7) is 3.35. The van der Waals surface area contributed by atoms with Crippen LogP contribution in [0.3, 0.4) is 0 Å². The highest BCUT2D eigenvalue weighted by Gasteiger charge is 2.07.